The van der Waals surface area contributed by atoms with E-state index >= 15 is 0 Å². The molecule has 0 radical (unpaired) electrons. The number of carbonyl (C=O) groups is 2. The van der Waals surface area contributed by atoms with Gasteiger partial charge in [-0.2, -0.15) is 26.3 Å². The fraction of sp³-hybridized carbons (Fsp3) is 0.714. The third-order valence-corrected chi connectivity index (χ3v) is 6.06. The number of alkyl halides is 6. The van der Waals surface area contributed by atoms with E-state index in [1.165, 1.54) is 32.4 Å². The molecular weight excluding hydrogens is 502 g/mol. The first-order valence-electron chi connectivity index (χ1n) is 11.1. The van der Waals surface area contributed by atoms with Crippen LogP contribution in [0.4, 0.5) is 32.3 Å². The van der Waals surface area contributed by atoms with Crippen LogP contribution in [-0.2, 0) is 14.3 Å². The summed E-state index contributed by atoms with van der Waals surface area (Å²) < 4.78 is 69.8. The van der Waals surface area contributed by atoms with Gasteiger partial charge in [0.15, 0.2) is 0 Å². The van der Waals surface area contributed by atoms with Crippen molar-refractivity contribution in [3.05, 3.63) is 18.0 Å². The Labute approximate surface area is 203 Å². The van der Waals surface area contributed by atoms with Gasteiger partial charge in [0.05, 0.1) is 12.2 Å². The number of aromatic nitrogens is 2. The molecule has 3 fully saturated rings. The van der Waals surface area contributed by atoms with Gasteiger partial charge in [0.2, 0.25) is 5.95 Å². The molecule has 1 aromatic heterocycles. The van der Waals surface area contributed by atoms with Crippen molar-refractivity contribution >= 4 is 17.9 Å². The molecule has 1 atom stereocenters. The molecule has 0 aliphatic carbocycles. The Bertz CT molecular complexity index is 843. The third-order valence-electron chi connectivity index (χ3n) is 6.06. The van der Waals surface area contributed by atoms with Gasteiger partial charge in [0.1, 0.15) is 0 Å². The third kappa shape index (κ3) is 8.76. The second-order valence-corrected chi connectivity index (χ2v) is 8.75. The highest BCUT2D eigenvalue weighted by Gasteiger charge is 2.45. The van der Waals surface area contributed by atoms with Gasteiger partial charge >= 0.3 is 24.3 Å². The second kappa shape index (κ2) is 12.0. The number of aliphatic carboxylic acids is 2. The van der Waals surface area contributed by atoms with E-state index in [0.29, 0.717) is 6.04 Å². The van der Waals surface area contributed by atoms with Gasteiger partial charge in [-0.25, -0.2) is 19.6 Å². The Kier molecular flexibility index (Phi) is 9.88. The van der Waals surface area contributed by atoms with Crippen LogP contribution in [0.2, 0.25) is 0 Å². The van der Waals surface area contributed by atoms with Crippen LogP contribution in [0, 0.1) is 6.92 Å². The van der Waals surface area contributed by atoms with E-state index in [9.17, 15) is 26.3 Å². The summed E-state index contributed by atoms with van der Waals surface area (Å²) in [5, 5.41) is 14.2. The molecule has 4 rings (SSSR count). The quantitative estimate of drug-likeness (QED) is 0.556. The molecule has 0 aromatic carbocycles. The maximum absolute atomic E-state index is 10.6. The lowest BCUT2D eigenvalue weighted by molar-refractivity contribution is -0.193. The summed E-state index contributed by atoms with van der Waals surface area (Å²) in [5.41, 5.74) is 1.24. The lowest BCUT2D eigenvalue weighted by atomic mass is 9.87. The Morgan fingerprint density at radius 3 is 1.81 bits per heavy atom. The smallest absolute Gasteiger partial charge is 0.475 e. The van der Waals surface area contributed by atoms with E-state index in [-0.39, 0.29) is 5.60 Å². The molecular formula is C21H28F6N4O5. The maximum atomic E-state index is 10.6. The summed E-state index contributed by atoms with van der Waals surface area (Å²) in [6.45, 7) is 7.52. The number of likely N-dealkylation sites (tertiary alicyclic amines) is 1. The average molecular weight is 530 g/mol. The Morgan fingerprint density at radius 2 is 1.39 bits per heavy atom. The molecule has 0 amide bonds. The number of nitrogens with zero attached hydrogens (tertiary/aromatic N) is 4. The van der Waals surface area contributed by atoms with Gasteiger partial charge in [0, 0.05) is 31.5 Å². The van der Waals surface area contributed by atoms with Gasteiger partial charge in [-0.1, -0.05) is 0 Å². The number of hydrogen-bond acceptors (Lipinski definition) is 7. The minimum Gasteiger partial charge on any atom is -0.475 e. The molecule has 36 heavy (non-hydrogen) atoms. The largest absolute Gasteiger partial charge is 0.490 e. The zero-order valence-corrected chi connectivity index (χ0v) is 19.5. The Hall–Kier alpha value is -2.68. The number of carboxylic acids is 2. The number of anilines is 1. The number of piperidine rings is 1. The molecule has 1 aromatic rings. The zero-order valence-electron chi connectivity index (χ0n) is 19.5. The summed E-state index contributed by atoms with van der Waals surface area (Å²) >= 11 is 0. The summed E-state index contributed by atoms with van der Waals surface area (Å²) in [7, 11) is 0. The summed E-state index contributed by atoms with van der Waals surface area (Å²) in [4.78, 5) is 31.7. The zero-order chi connectivity index (χ0) is 27.1. The van der Waals surface area contributed by atoms with E-state index in [2.05, 4.69) is 19.8 Å². The molecule has 15 heteroatoms. The van der Waals surface area contributed by atoms with Crippen molar-refractivity contribution < 1.29 is 50.9 Å². The van der Waals surface area contributed by atoms with Crippen molar-refractivity contribution in [2.24, 2.45) is 0 Å². The van der Waals surface area contributed by atoms with E-state index in [1.807, 2.05) is 19.3 Å². The Balaban J connectivity index is 0.000000271. The number of carboxylic acid groups (broad SMARTS) is 2. The van der Waals surface area contributed by atoms with Gasteiger partial charge in [-0.05, 0) is 57.7 Å². The molecule has 0 saturated carbocycles. The normalized spacial score (nSPS) is 21.9. The number of halogens is 6. The van der Waals surface area contributed by atoms with E-state index in [1.54, 1.807) is 0 Å². The van der Waals surface area contributed by atoms with Crippen LogP contribution >= 0.6 is 0 Å². The summed E-state index contributed by atoms with van der Waals surface area (Å²) in [6, 6.07) is 0.657. The molecule has 204 valence electrons. The molecule has 0 bridgehead atoms. The monoisotopic (exact) mass is 530 g/mol. The van der Waals surface area contributed by atoms with Gasteiger partial charge in [0.25, 0.3) is 0 Å². The summed E-state index contributed by atoms with van der Waals surface area (Å²) in [5.74, 6) is -4.64. The first-order valence-corrected chi connectivity index (χ1v) is 11.1. The molecule has 2 N–H and O–H groups in total. The van der Waals surface area contributed by atoms with Crippen LogP contribution in [-0.4, -0.2) is 93.8 Å². The lowest BCUT2D eigenvalue weighted by Crippen LogP contribution is -2.45. The van der Waals surface area contributed by atoms with Crippen molar-refractivity contribution in [3.8, 4) is 0 Å². The van der Waals surface area contributed by atoms with Crippen LogP contribution < -0.4 is 4.90 Å². The highest BCUT2D eigenvalue weighted by atomic mass is 19.4. The van der Waals surface area contributed by atoms with Crippen LogP contribution in [0.3, 0.4) is 0 Å². The number of rotatable bonds is 2. The van der Waals surface area contributed by atoms with Crippen molar-refractivity contribution in [1.29, 1.82) is 0 Å². The van der Waals surface area contributed by atoms with Gasteiger partial charge in [-0.3, -0.25) is 4.90 Å². The molecule has 1 unspecified atom stereocenters. The first-order chi connectivity index (χ1) is 16.6. The highest BCUT2D eigenvalue weighted by Crippen LogP contribution is 2.38. The fourth-order valence-corrected chi connectivity index (χ4v) is 4.17. The SMILES string of the molecule is Cc1cnc(N2CCC3(CC2)CC(N2CCCC2)CO3)nc1.O=C(O)C(F)(F)F.O=C(O)C(F)(F)F. The molecule has 9 nitrogen and oxygen atoms in total. The minimum atomic E-state index is -5.08. The fourth-order valence-electron chi connectivity index (χ4n) is 4.17. The lowest BCUT2D eigenvalue weighted by Gasteiger charge is -2.39. The van der Waals surface area contributed by atoms with Crippen LogP contribution in [0.15, 0.2) is 12.4 Å². The highest BCUT2D eigenvalue weighted by molar-refractivity contribution is 5.73. The van der Waals surface area contributed by atoms with E-state index < -0.39 is 24.3 Å². The van der Waals surface area contributed by atoms with Crippen molar-refractivity contribution in [2.45, 2.75) is 63.0 Å². The van der Waals surface area contributed by atoms with Gasteiger partial charge < -0.3 is 19.8 Å². The average Bonchev–Trinajstić information content (AvgIpc) is 3.45. The number of ether oxygens (including phenoxy) is 1. The first kappa shape index (κ1) is 29.5. The van der Waals surface area contributed by atoms with Crippen molar-refractivity contribution in [2.75, 3.05) is 37.7 Å². The summed E-state index contributed by atoms with van der Waals surface area (Å²) in [6.07, 6.45) is -0.201. The molecule has 1 spiro atoms. The molecule has 4 heterocycles. The van der Waals surface area contributed by atoms with Crippen molar-refractivity contribution in [3.63, 3.8) is 0 Å². The standard InChI is InChI=1S/C17H26N4O.2C2HF3O2/c1-14-11-18-16(19-12-14)21-8-4-17(5-9-21)10-15(13-22-17)20-6-2-3-7-20;2*3-2(4,5)1(6)7/h11-12,15H,2-10,13H2,1H3;2*(H,6,7). The predicted molar refractivity (Wildman–Crippen MR) is 113 cm³/mol. The van der Waals surface area contributed by atoms with Gasteiger partial charge in [-0.15, -0.1) is 0 Å². The predicted octanol–water partition coefficient (Wildman–Crippen LogP) is 3.28. The molecule has 3 saturated heterocycles. The Morgan fingerprint density at radius 1 is 0.944 bits per heavy atom. The van der Waals surface area contributed by atoms with Crippen LogP contribution in [0.5, 0.6) is 0 Å². The molecule has 3 aliphatic rings. The maximum Gasteiger partial charge on any atom is 0.490 e. The van der Waals surface area contributed by atoms with Crippen LogP contribution in [0.25, 0.3) is 0 Å². The van der Waals surface area contributed by atoms with Crippen LogP contribution in [0.1, 0.15) is 37.7 Å². The van der Waals surface area contributed by atoms with Crippen molar-refractivity contribution in [1.82, 2.24) is 14.9 Å². The molecule has 3 aliphatic heterocycles. The minimum absolute atomic E-state index is 0.119. The topological polar surface area (TPSA) is 116 Å². The number of hydrogen-bond donors (Lipinski definition) is 2. The number of aryl methyl sites for hydroxylation is 1. The second-order valence-electron chi connectivity index (χ2n) is 8.75. The van der Waals surface area contributed by atoms with E-state index in [0.717, 1.165) is 44.0 Å². The van der Waals surface area contributed by atoms with E-state index in [4.69, 9.17) is 24.5 Å².